The zero-order chi connectivity index (χ0) is 16.6. The Bertz CT molecular complexity index is 551. The average molecular weight is 332 g/mol. The summed E-state index contributed by atoms with van der Waals surface area (Å²) in [5.74, 6) is 3.33. The highest BCUT2D eigenvalue weighted by Gasteiger charge is 2.62. The Morgan fingerprint density at radius 1 is 0.917 bits per heavy atom. The summed E-state index contributed by atoms with van der Waals surface area (Å²) in [6, 6.07) is 0. The first-order chi connectivity index (χ1) is 11.5. The van der Waals surface area contributed by atoms with Crippen LogP contribution in [0.5, 0.6) is 0 Å². The minimum absolute atomic E-state index is 0.0118. The van der Waals surface area contributed by atoms with Gasteiger partial charge in [0.15, 0.2) is 5.79 Å². The number of hydrogen-bond donors (Lipinski definition) is 0. The molecule has 4 saturated carbocycles. The lowest BCUT2D eigenvalue weighted by molar-refractivity contribution is -0.228. The Balaban J connectivity index is 1.42. The molecule has 0 N–H and O–H groups in total. The first-order valence-corrected chi connectivity index (χ1v) is 10.3. The second kappa shape index (κ2) is 5.07. The van der Waals surface area contributed by atoms with Gasteiger partial charge in [-0.3, -0.25) is 4.79 Å². The Morgan fingerprint density at radius 3 is 2.50 bits per heavy atom. The molecule has 5 fully saturated rings. The highest BCUT2D eigenvalue weighted by Crippen LogP contribution is 2.66. The van der Waals surface area contributed by atoms with Gasteiger partial charge in [0.05, 0.1) is 13.2 Å². The molecule has 1 saturated heterocycles. The van der Waals surface area contributed by atoms with Gasteiger partial charge < -0.3 is 9.47 Å². The van der Waals surface area contributed by atoms with Gasteiger partial charge in [-0.2, -0.15) is 0 Å². The zero-order valence-electron chi connectivity index (χ0n) is 15.3. The summed E-state index contributed by atoms with van der Waals surface area (Å²) >= 11 is 0. The van der Waals surface area contributed by atoms with E-state index in [0.717, 1.165) is 63.1 Å². The molecule has 1 aliphatic heterocycles. The standard InChI is InChI=1S/C21H32O3/c1-19-9-10-21(23-11-12-24-21)13-14(19)3-4-15-16-5-6-18(22)20(16,2)8-7-17(15)19/h14-17H,3-13H2,1-2H3/t14-,15-,16-,17-,19+,20+/m1/s1. The molecule has 5 rings (SSSR count). The molecule has 1 heterocycles. The van der Waals surface area contributed by atoms with E-state index in [1.807, 2.05) is 0 Å². The van der Waals surface area contributed by atoms with E-state index in [9.17, 15) is 4.79 Å². The third-order valence-corrected chi connectivity index (χ3v) is 9.19. The smallest absolute Gasteiger partial charge is 0.168 e. The van der Waals surface area contributed by atoms with Gasteiger partial charge in [-0.25, -0.2) is 0 Å². The van der Waals surface area contributed by atoms with Gasteiger partial charge in [0.2, 0.25) is 0 Å². The normalized spacial score (nSPS) is 52.8. The number of fused-ring (bicyclic) bond motifs is 5. The SMILES string of the molecule is C[C@]12CCC3(C[C@H]1CC[C@H]1[C@H]2CC[C@]2(C)C(=O)CC[C@H]12)OCCO3. The van der Waals surface area contributed by atoms with Crippen LogP contribution in [-0.2, 0) is 14.3 Å². The van der Waals surface area contributed by atoms with E-state index < -0.39 is 0 Å². The molecule has 4 aliphatic carbocycles. The number of hydrogen-bond acceptors (Lipinski definition) is 3. The zero-order valence-corrected chi connectivity index (χ0v) is 15.3. The number of carbonyl (C=O) groups is 1. The molecule has 0 aromatic carbocycles. The molecule has 0 aromatic rings. The third kappa shape index (κ3) is 1.95. The number of Topliss-reactive ketones (excluding diaryl/α,β-unsaturated/α-hetero) is 1. The van der Waals surface area contributed by atoms with Gasteiger partial charge >= 0.3 is 0 Å². The molecular formula is C21H32O3. The molecule has 24 heavy (non-hydrogen) atoms. The predicted octanol–water partition coefficient (Wildman–Crippen LogP) is 4.34. The first kappa shape index (κ1) is 15.8. The van der Waals surface area contributed by atoms with E-state index in [1.165, 1.54) is 25.7 Å². The van der Waals surface area contributed by atoms with Crippen LogP contribution in [0, 0.1) is 34.5 Å². The van der Waals surface area contributed by atoms with Crippen molar-refractivity contribution in [3.63, 3.8) is 0 Å². The van der Waals surface area contributed by atoms with E-state index in [4.69, 9.17) is 9.47 Å². The fraction of sp³-hybridized carbons (Fsp3) is 0.952. The molecule has 0 unspecified atom stereocenters. The van der Waals surface area contributed by atoms with Gasteiger partial charge in [0.1, 0.15) is 5.78 Å². The largest absolute Gasteiger partial charge is 0.348 e. The molecule has 6 atom stereocenters. The summed E-state index contributed by atoms with van der Waals surface area (Å²) in [5.41, 5.74) is 0.453. The lowest BCUT2D eigenvalue weighted by Gasteiger charge is -2.61. The fourth-order valence-electron chi connectivity index (χ4n) is 7.73. The minimum atomic E-state index is -0.247. The molecule has 5 aliphatic rings. The molecule has 134 valence electrons. The highest BCUT2D eigenvalue weighted by molar-refractivity contribution is 5.87. The fourth-order valence-corrected chi connectivity index (χ4v) is 7.73. The van der Waals surface area contributed by atoms with Crippen LogP contribution in [0.2, 0.25) is 0 Å². The van der Waals surface area contributed by atoms with Crippen molar-refractivity contribution in [3.8, 4) is 0 Å². The van der Waals surface area contributed by atoms with E-state index in [0.29, 0.717) is 17.1 Å². The lowest BCUT2D eigenvalue weighted by atomic mass is 9.45. The van der Waals surface area contributed by atoms with Gasteiger partial charge in [-0.1, -0.05) is 13.8 Å². The van der Waals surface area contributed by atoms with Crippen LogP contribution in [0.3, 0.4) is 0 Å². The summed E-state index contributed by atoms with van der Waals surface area (Å²) in [6.45, 7) is 6.40. The number of carbonyl (C=O) groups excluding carboxylic acids is 1. The van der Waals surface area contributed by atoms with Crippen molar-refractivity contribution in [2.24, 2.45) is 34.5 Å². The Labute approximate surface area is 145 Å². The van der Waals surface area contributed by atoms with Crippen LogP contribution in [0.4, 0.5) is 0 Å². The molecular weight excluding hydrogens is 300 g/mol. The monoisotopic (exact) mass is 332 g/mol. The quantitative estimate of drug-likeness (QED) is 0.662. The van der Waals surface area contributed by atoms with E-state index in [1.54, 1.807) is 0 Å². The van der Waals surface area contributed by atoms with Crippen molar-refractivity contribution >= 4 is 5.78 Å². The van der Waals surface area contributed by atoms with E-state index in [2.05, 4.69) is 13.8 Å². The molecule has 0 aromatic heterocycles. The number of ketones is 1. The maximum Gasteiger partial charge on any atom is 0.168 e. The maximum atomic E-state index is 12.5. The van der Waals surface area contributed by atoms with Gasteiger partial charge in [0, 0.05) is 24.7 Å². The topological polar surface area (TPSA) is 35.5 Å². The van der Waals surface area contributed by atoms with Crippen LogP contribution in [-0.4, -0.2) is 24.8 Å². The van der Waals surface area contributed by atoms with E-state index in [-0.39, 0.29) is 11.2 Å². The summed E-state index contributed by atoms with van der Waals surface area (Å²) in [4.78, 5) is 12.5. The molecule has 0 radical (unpaired) electrons. The van der Waals surface area contributed by atoms with Gasteiger partial charge in [-0.05, 0) is 67.6 Å². The van der Waals surface area contributed by atoms with Crippen molar-refractivity contribution in [1.29, 1.82) is 0 Å². The predicted molar refractivity (Wildman–Crippen MR) is 91.4 cm³/mol. The molecule has 0 amide bonds. The van der Waals surface area contributed by atoms with Crippen molar-refractivity contribution in [1.82, 2.24) is 0 Å². The summed E-state index contributed by atoms with van der Waals surface area (Å²) < 4.78 is 12.1. The maximum absolute atomic E-state index is 12.5. The second-order valence-electron chi connectivity index (χ2n) is 9.89. The van der Waals surface area contributed by atoms with Crippen molar-refractivity contribution < 1.29 is 14.3 Å². The van der Waals surface area contributed by atoms with Crippen LogP contribution in [0.15, 0.2) is 0 Å². The van der Waals surface area contributed by atoms with Gasteiger partial charge in [0.25, 0.3) is 0 Å². The first-order valence-electron chi connectivity index (χ1n) is 10.3. The Morgan fingerprint density at radius 2 is 1.71 bits per heavy atom. The Hall–Kier alpha value is -0.410. The molecule has 3 nitrogen and oxygen atoms in total. The van der Waals surface area contributed by atoms with Crippen molar-refractivity contribution in [3.05, 3.63) is 0 Å². The van der Waals surface area contributed by atoms with Gasteiger partial charge in [-0.15, -0.1) is 0 Å². The average Bonchev–Trinajstić information content (AvgIpc) is 3.14. The molecule has 3 heteroatoms. The second-order valence-corrected chi connectivity index (χ2v) is 9.89. The lowest BCUT2D eigenvalue weighted by Crippen LogP contribution is -2.56. The van der Waals surface area contributed by atoms with Crippen LogP contribution in [0.25, 0.3) is 0 Å². The summed E-state index contributed by atoms with van der Waals surface area (Å²) in [7, 11) is 0. The van der Waals surface area contributed by atoms with Crippen LogP contribution >= 0.6 is 0 Å². The van der Waals surface area contributed by atoms with Crippen LogP contribution < -0.4 is 0 Å². The summed E-state index contributed by atoms with van der Waals surface area (Å²) in [5, 5.41) is 0. The number of rotatable bonds is 0. The van der Waals surface area contributed by atoms with Crippen LogP contribution in [0.1, 0.15) is 71.6 Å². The third-order valence-electron chi connectivity index (χ3n) is 9.19. The minimum Gasteiger partial charge on any atom is -0.348 e. The summed E-state index contributed by atoms with van der Waals surface area (Å²) in [6.07, 6.45) is 10.5. The Kier molecular flexibility index (Phi) is 3.34. The number of ether oxygens (including phenoxy) is 2. The van der Waals surface area contributed by atoms with E-state index >= 15 is 0 Å². The molecule has 1 spiro atoms. The van der Waals surface area contributed by atoms with Crippen molar-refractivity contribution in [2.45, 2.75) is 77.4 Å². The molecule has 0 bridgehead atoms. The highest BCUT2D eigenvalue weighted by atomic mass is 16.7. The van der Waals surface area contributed by atoms with Crippen molar-refractivity contribution in [2.75, 3.05) is 13.2 Å².